The van der Waals surface area contributed by atoms with Gasteiger partial charge in [-0.05, 0) is 26.1 Å². The van der Waals surface area contributed by atoms with Crippen molar-refractivity contribution in [3.63, 3.8) is 0 Å². The van der Waals surface area contributed by atoms with Crippen molar-refractivity contribution in [2.24, 2.45) is 5.92 Å². The smallest absolute Gasteiger partial charge is 0.0155 e. The first-order valence-electron chi connectivity index (χ1n) is 4.64. The van der Waals surface area contributed by atoms with Crippen LogP contribution in [0.1, 0.15) is 6.92 Å². The van der Waals surface area contributed by atoms with Crippen molar-refractivity contribution in [1.82, 2.24) is 10.2 Å². The molecule has 1 atom stereocenters. The quantitative estimate of drug-likeness (QED) is 0.690. The van der Waals surface area contributed by atoms with Crippen LogP contribution in [-0.2, 0) is 0 Å². The summed E-state index contributed by atoms with van der Waals surface area (Å²) >= 11 is 1.93. The number of rotatable bonds is 5. The van der Waals surface area contributed by atoms with E-state index in [4.69, 9.17) is 0 Å². The molecule has 1 aliphatic heterocycles. The largest absolute Gasteiger partial charge is 0.316 e. The van der Waals surface area contributed by atoms with Gasteiger partial charge in [0.2, 0.25) is 0 Å². The third kappa shape index (κ3) is 2.96. The minimum atomic E-state index is 0.723. The van der Waals surface area contributed by atoms with Crippen LogP contribution in [-0.4, -0.2) is 49.6 Å². The minimum absolute atomic E-state index is 0.723. The average Bonchev–Trinajstić information content (AvgIpc) is 1.97. The van der Waals surface area contributed by atoms with E-state index in [2.05, 4.69) is 30.4 Å². The van der Waals surface area contributed by atoms with E-state index in [9.17, 15) is 0 Å². The van der Waals surface area contributed by atoms with Gasteiger partial charge in [0.15, 0.2) is 0 Å². The van der Waals surface area contributed by atoms with E-state index in [1.165, 1.54) is 25.4 Å². The second kappa shape index (κ2) is 5.10. The standard InChI is InChI=1S/C9H20N2S/c1-8(7-12-3)11(2)6-9-4-10-5-9/h8-10H,4-7H2,1-3H3. The van der Waals surface area contributed by atoms with Crippen LogP contribution in [0.3, 0.4) is 0 Å². The molecule has 1 saturated heterocycles. The Morgan fingerprint density at radius 1 is 1.58 bits per heavy atom. The van der Waals surface area contributed by atoms with Gasteiger partial charge in [-0.25, -0.2) is 0 Å². The lowest BCUT2D eigenvalue weighted by Gasteiger charge is -2.33. The summed E-state index contributed by atoms with van der Waals surface area (Å²) in [5, 5.41) is 3.31. The van der Waals surface area contributed by atoms with Gasteiger partial charge in [0.25, 0.3) is 0 Å². The van der Waals surface area contributed by atoms with Gasteiger partial charge in [-0.1, -0.05) is 0 Å². The van der Waals surface area contributed by atoms with E-state index in [1.54, 1.807) is 0 Å². The van der Waals surface area contributed by atoms with Gasteiger partial charge in [0, 0.05) is 31.4 Å². The molecule has 0 saturated carbocycles. The SMILES string of the molecule is CSCC(C)N(C)CC1CNC1. The maximum Gasteiger partial charge on any atom is 0.0155 e. The zero-order valence-electron chi connectivity index (χ0n) is 8.34. The lowest BCUT2D eigenvalue weighted by Crippen LogP contribution is -2.49. The summed E-state index contributed by atoms with van der Waals surface area (Å²) in [4.78, 5) is 2.47. The number of nitrogens with one attached hydrogen (secondary N) is 1. The fourth-order valence-electron chi connectivity index (χ4n) is 1.43. The second-order valence-electron chi connectivity index (χ2n) is 3.77. The Kier molecular flexibility index (Phi) is 4.40. The molecule has 1 unspecified atom stereocenters. The molecule has 2 nitrogen and oxygen atoms in total. The Bertz CT molecular complexity index is 126. The summed E-state index contributed by atoms with van der Waals surface area (Å²) in [5.41, 5.74) is 0. The van der Waals surface area contributed by atoms with E-state index in [1.807, 2.05) is 11.8 Å². The molecule has 1 rings (SSSR count). The number of hydrogen-bond acceptors (Lipinski definition) is 3. The molecule has 0 aromatic rings. The Hall–Kier alpha value is 0.270. The summed E-state index contributed by atoms with van der Waals surface area (Å²) in [7, 11) is 2.24. The lowest BCUT2D eigenvalue weighted by atomic mass is 10.0. The Labute approximate surface area is 80.1 Å². The zero-order chi connectivity index (χ0) is 8.97. The van der Waals surface area contributed by atoms with Gasteiger partial charge >= 0.3 is 0 Å². The molecule has 0 aromatic carbocycles. The van der Waals surface area contributed by atoms with Crippen LogP contribution in [0.4, 0.5) is 0 Å². The van der Waals surface area contributed by atoms with Crippen molar-refractivity contribution in [3.05, 3.63) is 0 Å². The van der Waals surface area contributed by atoms with Gasteiger partial charge in [-0.2, -0.15) is 11.8 Å². The molecule has 0 aromatic heterocycles. The monoisotopic (exact) mass is 188 g/mol. The summed E-state index contributed by atoms with van der Waals surface area (Å²) < 4.78 is 0. The van der Waals surface area contributed by atoms with Crippen molar-refractivity contribution < 1.29 is 0 Å². The fraction of sp³-hybridized carbons (Fsp3) is 1.00. The summed E-state index contributed by atoms with van der Waals surface area (Å²) in [6.07, 6.45) is 2.18. The van der Waals surface area contributed by atoms with Crippen LogP contribution in [0.25, 0.3) is 0 Å². The molecule has 1 N–H and O–H groups in total. The van der Waals surface area contributed by atoms with Crippen LogP contribution >= 0.6 is 11.8 Å². The third-order valence-electron chi connectivity index (χ3n) is 2.57. The molecule has 1 heterocycles. The van der Waals surface area contributed by atoms with Crippen LogP contribution in [0, 0.1) is 5.92 Å². The second-order valence-corrected chi connectivity index (χ2v) is 4.68. The van der Waals surface area contributed by atoms with E-state index in [0.29, 0.717) is 0 Å². The highest BCUT2D eigenvalue weighted by Gasteiger charge is 2.20. The molecule has 0 spiro atoms. The first-order valence-corrected chi connectivity index (χ1v) is 6.03. The maximum atomic E-state index is 3.31. The van der Waals surface area contributed by atoms with Crippen molar-refractivity contribution in [1.29, 1.82) is 0 Å². The summed E-state index contributed by atoms with van der Waals surface area (Å²) in [6, 6.07) is 0.723. The molecule has 12 heavy (non-hydrogen) atoms. The Morgan fingerprint density at radius 2 is 2.25 bits per heavy atom. The van der Waals surface area contributed by atoms with Crippen molar-refractivity contribution in [2.45, 2.75) is 13.0 Å². The van der Waals surface area contributed by atoms with Crippen LogP contribution in [0.2, 0.25) is 0 Å². The predicted octanol–water partition coefficient (Wildman–Crippen LogP) is 0.889. The van der Waals surface area contributed by atoms with E-state index >= 15 is 0 Å². The maximum absolute atomic E-state index is 3.31. The predicted molar refractivity (Wildman–Crippen MR) is 56.8 cm³/mol. The van der Waals surface area contributed by atoms with Gasteiger partial charge in [0.1, 0.15) is 0 Å². The fourth-order valence-corrected chi connectivity index (χ4v) is 2.17. The molecule has 0 radical (unpaired) electrons. The van der Waals surface area contributed by atoms with Gasteiger partial charge in [-0.15, -0.1) is 0 Å². The number of thioether (sulfide) groups is 1. The molecule has 1 fully saturated rings. The molecule has 3 heteroatoms. The number of hydrogen-bond donors (Lipinski definition) is 1. The highest BCUT2D eigenvalue weighted by atomic mass is 32.2. The summed E-state index contributed by atoms with van der Waals surface area (Å²) in [5.74, 6) is 2.15. The van der Waals surface area contributed by atoms with Gasteiger partial charge in [-0.3, -0.25) is 0 Å². The first-order chi connectivity index (χ1) is 5.74. The molecular formula is C9H20N2S. The van der Waals surface area contributed by atoms with Crippen molar-refractivity contribution in [3.8, 4) is 0 Å². The van der Waals surface area contributed by atoms with E-state index in [-0.39, 0.29) is 0 Å². The topological polar surface area (TPSA) is 15.3 Å². The first kappa shape index (κ1) is 10.4. The highest BCUT2D eigenvalue weighted by Crippen LogP contribution is 2.09. The minimum Gasteiger partial charge on any atom is -0.316 e. The molecule has 1 aliphatic rings. The average molecular weight is 188 g/mol. The molecule has 0 bridgehead atoms. The van der Waals surface area contributed by atoms with Crippen LogP contribution in [0.5, 0.6) is 0 Å². The lowest BCUT2D eigenvalue weighted by molar-refractivity contribution is 0.194. The van der Waals surface area contributed by atoms with E-state index < -0.39 is 0 Å². The Balaban J connectivity index is 2.12. The number of nitrogens with zero attached hydrogens (tertiary/aromatic N) is 1. The molecule has 0 amide bonds. The van der Waals surface area contributed by atoms with Gasteiger partial charge in [0.05, 0.1) is 0 Å². The van der Waals surface area contributed by atoms with Crippen LogP contribution < -0.4 is 5.32 Å². The molecule has 0 aliphatic carbocycles. The summed E-state index contributed by atoms with van der Waals surface area (Å²) in [6.45, 7) is 6.00. The molecule has 72 valence electrons. The van der Waals surface area contributed by atoms with Crippen molar-refractivity contribution >= 4 is 11.8 Å². The normalized spacial score (nSPS) is 21.0. The van der Waals surface area contributed by atoms with Crippen LogP contribution in [0.15, 0.2) is 0 Å². The van der Waals surface area contributed by atoms with Crippen molar-refractivity contribution in [2.75, 3.05) is 38.7 Å². The molecular weight excluding hydrogens is 168 g/mol. The third-order valence-corrected chi connectivity index (χ3v) is 3.39. The van der Waals surface area contributed by atoms with E-state index in [0.717, 1.165) is 12.0 Å². The van der Waals surface area contributed by atoms with Gasteiger partial charge < -0.3 is 10.2 Å². The highest BCUT2D eigenvalue weighted by molar-refractivity contribution is 7.98. The zero-order valence-corrected chi connectivity index (χ0v) is 9.16. The Morgan fingerprint density at radius 3 is 2.67 bits per heavy atom.